The monoisotopic (exact) mass is 286 g/mol. The van der Waals surface area contributed by atoms with Crippen molar-refractivity contribution in [3.8, 4) is 0 Å². The first-order valence-electron chi connectivity index (χ1n) is 5.46. The molecule has 0 aromatic carbocycles. The lowest BCUT2D eigenvalue weighted by Gasteiger charge is -2.12. The van der Waals surface area contributed by atoms with Crippen molar-refractivity contribution in [1.82, 2.24) is 5.32 Å². The molecule has 0 spiro atoms. The van der Waals surface area contributed by atoms with Crippen LogP contribution in [-0.2, 0) is 9.59 Å². The molecular formula is C11H14N2O5S. The second-order valence-electron chi connectivity index (χ2n) is 3.72. The zero-order valence-electron chi connectivity index (χ0n) is 10.2. The molecule has 4 N–H and O–H groups in total. The van der Waals surface area contributed by atoms with Crippen LogP contribution in [0.3, 0.4) is 0 Å². The van der Waals surface area contributed by atoms with E-state index < -0.39 is 17.9 Å². The SMILES string of the molecule is CC(=O)Nc1ccc(C(=O)NC(CCO)C(=O)O)s1. The average Bonchev–Trinajstić information content (AvgIpc) is 2.75. The largest absolute Gasteiger partial charge is 0.480 e. The summed E-state index contributed by atoms with van der Waals surface area (Å²) < 4.78 is 0. The second kappa shape index (κ2) is 6.86. The van der Waals surface area contributed by atoms with Crippen LogP contribution < -0.4 is 10.6 Å². The van der Waals surface area contributed by atoms with Gasteiger partial charge in [-0.05, 0) is 12.1 Å². The molecule has 1 aromatic rings. The van der Waals surface area contributed by atoms with Crippen LogP contribution in [0.2, 0.25) is 0 Å². The van der Waals surface area contributed by atoms with Crippen molar-refractivity contribution in [2.24, 2.45) is 0 Å². The first kappa shape index (κ1) is 15.1. The minimum Gasteiger partial charge on any atom is -0.480 e. The molecule has 1 aromatic heterocycles. The van der Waals surface area contributed by atoms with Gasteiger partial charge in [-0.3, -0.25) is 9.59 Å². The van der Waals surface area contributed by atoms with E-state index in [1.165, 1.54) is 13.0 Å². The number of hydrogen-bond acceptors (Lipinski definition) is 5. The number of carbonyl (C=O) groups excluding carboxylic acids is 2. The number of carboxylic acid groups (broad SMARTS) is 1. The molecule has 0 aliphatic carbocycles. The van der Waals surface area contributed by atoms with Gasteiger partial charge in [0, 0.05) is 20.0 Å². The first-order valence-corrected chi connectivity index (χ1v) is 6.27. The molecule has 0 fully saturated rings. The number of aliphatic hydroxyl groups is 1. The van der Waals surface area contributed by atoms with Gasteiger partial charge in [-0.15, -0.1) is 11.3 Å². The molecular weight excluding hydrogens is 272 g/mol. The number of nitrogens with one attached hydrogen (secondary N) is 2. The maximum atomic E-state index is 11.8. The maximum absolute atomic E-state index is 11.8. The summed E-state index contributed by atoms with van der Waals surface area (Å²) in [7, 11) is 0. The third-order valence-corrected chi connectivity index (χ3v) is 3.15. The summed E-state index contributed by atoms with van der Waals surface area (Å²) in [4.78, 5) is 33.7. The molecule has 104 valence electrons. The number of carboxylic acids is 1. The van der Waals surface area contributed by atoms with Crippen molar-refractivity contribution in [3.63, 3.8) is 0 Å². The summed E-state index contributed by atoms with van der Waals surface area (Å²) in [5.74, 6) is -2.01. The molecule has 1 rings (SSSR count). The van der Waals surface area contributed by atoms with Gasteiger partial charge >= 0.3 is 5.97 Å². The minimum atomic E-state index is -1.21. The van der Waals surface area contributed by atoms with Gasteiger partial charge in [0.15, 0.2) is 0 Å². The van der Waals surface area contributed by atoms with Gasteiger partial charge in [0.25, 0.3) is 5.91 Å². The second-order valence-corrected chi connectivity index (χ2v) is 4.81. The molecule has 1 unspecified atom stereocenters. The van der Waals surface area contributed by atoms with Crippen LogP contribution in [0.25, 0.3) is 0 Å². The Morgan fingerprint density at radius 3 is 2.58 bits per heavy atom. The molecule has 19 heavy (non-hydrogen) atoms. The summed E-state index contributed by atoms with van der Waals surface area (Å²) in [5.41, 5.74) is 0. The Hall–Kier alpha value is -1.93. The fourth-order valence-corrected chi connectivity index (χ4v) is 2.17. The Kier molecular flexibility index (Phi) is 5.46. The van der Waals surface area contributed by atoms with Gasteiger partial charge in [-0.25, -0.2) is 4.79 Å². The molecule has 2 amide bonds. The fraction of sp³-hybridized carbons (Fsp3) is 0.364. The Morgan fingerprint density at radius 2 is 2.05 bits per heavy atom. The highest BCUT2D eigenvalue weighted by Gasteiger charge is 2.20. The Morgan fingerprint density at radius 1 is 1.37 bits per heavy atom. The van der Waals surface area contributed by atoms with Crippen molar-refractivity contribution < 1.29 is 24.6 Å². The molecule has 1 atom stereocenters. The zero-order valence-corrected chi connectivity index (χ0v) is 11.0. The highest BCUT2D eigenvalue weighted by atomic mass is 32.1. The van der Waals surface area contributed by atoms with E-state index >= 15 is 0 Å². The summed E-state index contributed by atoms with van der Waals surface area (Å²) in [6.07, 6.45) is -0.0645. The maximum Gasteiger partial charge on any atom is 0.326 e. The lowest BCUT2D eigenvalue weighted by molar-refractivity contribution is -0.139. The number of anilines is 1. The number of amides is 2. The van der Waals surface area contributed by atoms with Gasteiger partial charge in [-0.1, -0.05) is 0 Å². The highest BCUT2D eigenvalue weighted by Crippen LogP contribution is 2.21. The quantitative estimate of drug-likeness (QED) is 0.599. The molecule has 7 nitrogen and oxygen atoms in total. The number of rotatable bonds is 6. The van der Waals surface area contributed by atoms with Crippen molar-refractivity contribution in [1.29, 1.82) is 0 Å². The normalized spacial score (nSPS) is 11.7. The molecule has 0 aliphatic heterocycles. The predicted octanol–water partition coefficient (Wildman–Crippen LogP) is 0.272. The summed E-state index contributed by atoms with van der Waals surface area (Å²) in [6, 6.07) is 1.91. The van der Waals surface area contributed by atoms with Crippen LogP contribution in [-0.4, -0.2) is 40.6 Å². The van der Waals surface area contributed by atoms with Crippen molar-refractivity contribution in [3.05, 3.63) is 17.0 Å². The standard InChI is InChI=1S/C11H14N2O5S/c1-6(15)12-9-3-2-8(19-9)10(16)13-7(4-5-14)11(17)18/h2-3,7,14H,4-5H2,1H3,(H,12,15)(H,13,16)(H,17,18). The number of aliphatic hydroxyl groups excluding tert-OH is 1. The number of hydrogen-bond donors (Lipinski definition) is 4. The van der Waals surface area contributed by atoms with E-state index in [4.69, 9.17) is 10.2 Å². The van der Waals surface area contributed by atoms with Crippen LogP contribution in [0.4, 0.5) is 5.00 Å². The van der Waals surface area contributed by atoms with E-state index in [0.29, 0.717) is 5.00 Å². The zero-order chi connectivity index (χ0) is 14.4. The Labute approximate surface area is 113 Å². The lowest BCUT2D eigenvalue weighted by Crippen LogP contribution is -2.41. The van der Waals surface area contributed by atoms with Crippen LogP contribution in [0.15, 0.2) is 12.1 Å². The van der Waals surface area contributed by atoms with Gasteiger partial charge in [0.1, 0.15) is 6.04 Å². The smallest absolute Gasteiger partial charge is 0.326 e. The Bertz CT molecular complexity index is 485. The van der Waals surface area contributed by atoms with Gasteiger partial charge in [0.2, 0.25) is 5.91 Å². The van der Waals surface area contributed by atoms with Crippen molar-refractivity contribution >= 4 is 34.1 Å². The van der Waals surface area contributed by atoms with E-state index in [1.54, 1.807) is 6.07 Å². The minimum absolute atomic E-state index is 0.0645. The van der Waals surface area contributed by atoms with Gasteiger partial charge in [0.05, 0.1) is 9.88 Å². The van der Waals surface area contributed by atoms with Crippen molar-refractivity contribution in [2.45, 2.75) is 19.4 Å². The molecule has 0 saturated carbocycles. The lowest BCUT2D eigenvalue weighted by atomic mass is 10.2. The molecule has 0 saturated heterocycles. The summed E-state index contributed by atoms with van der Waals surface area (Å²) in [5, 5.41) is 22.9. The molecule has 0 bridgehead atoms. The number of thiophene rings is 1. The van der Waals surface area contributed by atoms with Crippen LogP contribution in [0.5, 0.6) is 0 Å². The van der Waals surface area contributed by atoms with Crippen molar-refractivity contribution in [2.75, 3.05) is 11.9 Å². The van der Waals surface area contributed by atoms with Gasteiger partial charge in [-0.2, -0.15) is 0 Å². The molecule has 8 heteroatoms. The average molecular weight is 286 g/mol. The Balaban J connectivity index is 2.69. The number of carbonyl (C=O) groups is 3. The van der Waals surface area contributed by atoms with Crippen LogP contribution in [0.1, 0.15) is 23.0 Å². The van der Waals surface area contributed by atoms with E-state index in [0.717, 1.165) is 11.3 Å². The van der Waals surface area contributed by atoms with Crippen LogP contribution >= 0.6 is 11.3 Å². The predicted molar refractivity (Wildman–Crippen MR) is 69.2 cm³/mol. The van der Waals surface area contributed by atoms with E-state index in [-0.39, 0.29) is 23.8 Å². The topological polar surface area (TPSA) is 116 Å². The first-order chi connectivity index (χ1) is 8.93. The third-order valence-electron chi connectivity index (χ3n) is 2.15. The van der Waals surface area contributed by atoms with E-state index in [9.17, 15) is 14.4 Å². The summed E-state index contributed by atoms with van der Waals surface area (Å²) in [6.45, 7) is 1.01. The van der Waals surface area contributed by atoms with Crippen LogP contribution in [0, 0.1) is 0 Å². The highest BCUT2D eigenvalue weighted by molar-refractivity contribution is 7.18. The summed E-state index contributed by atoms with van der Waals surface area (Å²) >= 11 is 1.04. The molecule has 1 heterocycles. The number of aliphatic carboxylic acids is 1. The fourth-order valence-electron chi connectivity index (χ4n) is 1.32. The van der Waals surface area contributed by atoms with Gasteiger partial charge < -0.3 is 20.8 Å². The van der Waals surface area contributed by atoms with E-state index in [2.05, 4.69) is 10.6 Å². The molecule has 0 aliphatic rings. The molecule has 0 radical (unpaired) electrons. The van der Waals surface area contributed by atoms with E-state index in [1.807, 2.05) is 0 Å². The third kappa shape index (κ3) is 4.68.